The van der Waals surface area contributed by atoms with Gasteiger partial charge >= 0.3 is 12.5 Å². The average Bonchev–Trinajstić information content (AvgIpc) is 2.67. The summed E-state index contributed by atoms with van der Waals surface area (Å²) in [6.07, 6.45) is 5.09. The fourth-order valence-electron chi connectivity index (χ4n) is 3.35. The van der Waals surface area contributed by atoms with Gasteiger partial charge in [-0.2, -0.15) is 0 Å². The number of hydrogen-bond donors (Lipinski definition) is 1. The number of hydrazine groups is 1. The third-order valence-electron chi connectivity index (χ3n) is 4.77. The third-order valence-corrected chi connectivity index (χ3v) is 4.77. The van der Waals surface area contributed by atoms with Gasteiger partial charge in [-0.15, -0.1) is 5.43 Å². The molecule has 0 radical (unpaired) electrons. The number of hydrazone groups is 1. The Labute approximate surface area is 172 Å². The molecule has 1 aliphatic heterocycles. The number of rotatable bonds is 6. The molecule has 1 aromatic carbocycles. The SMILES string of the molecule is CC(CC1CCCCN1C(=O)OC(C)(C)C)C(=O)N[N+](C=O)=Cc1ccccc1. The maximum absolute atomic E-state index is 12.6. The largest absolute Gasteiger partial charge is 0.444 e. The van der Waals surface area contributed by atoms with Crippen molar-refractivity contribution < 1.29 is 23.8 Å². The van der Waals surface area contributed by atoms with Crippen LogP contribution < -0.4 is 5.43 Å². The third kappa shape index (κ3) is 7.33. The van der Waals surface area contributed by atoms with Crippen LogP contribution in [-0.2, 0) is 14.3 Å². The minimum Gasteiger partial charge on any atom is -0.444 e. The van der Waals surface area contributed by atoms with Crippen LogP contribution in [0, 0.1) is 5.92 Å². The summed E-state index contributed by atoms with van der Waals surface area (Å²) in [5, 5.41) is 0. The lowest BCUT2D eigenvalue weighted by Crippen LogP contribution is -2.48. The summed E-state index contributed by atoms with van der Waals surface area (Å²) in [5.41, 5.74) is 2.87. The van der Waals surface area contributed by atoms with Crippen molar-refractivity contribution in [1.29, 1.82) is 0 Å². The Morgan fingerprint density at radius 1 is 1.28 bits per heavy atom. The van der Waals surface area contributed by atoms with Crippen molar-refractivity contribution in [2.24, 2.45) is 5.92 Å². The number of carbonyl (C=O) groups is 3. The first-order valence-electron chi connectivity index (χ1n) is 10.1. The lowest BCUT2D eigenvalue weighted by atomic mass is 9.93. The minimum absolute atomic E-state index is 0.0536. The molecule has 2 unspecified atom stereocenters. The second-order valence-electron chi connectivity index (χ2n) is 8.49. The van der Waals surface area contributed by atoms with Crippen LogP contribution in [0.4, 0.5) is 4.79 Å². The van der Waals surface area contributed by atoms with Gasteiger partial charge in [0, 0.05) is 24.1 Å². The number of nitrogens with zero attached hydrogens (tertiary/aromatic N) is 2. The number of ether oxygens (including phenoxy) is 1. The monoisotopic (exact) mass is 402 g/mol. The summed E-state index contributed by atoms with van der Waals surface area (Å²) >= 11 is 0. The standard InChI is InChI=1S/C22H31N3O4/c1-17(20(27)23-24(16-26)15-18-10-6-5-7-11-18)14-19-12-8-9-13-25(19)21(28)29-22(2,3)4/h5-7,10-11,15-17,19H,8-9,12-14H2,1-4H3/p+1. The van der Waals surface area contributed by atoms with Crippen LogP contribution in [0.25, 0.3) is 0 Å². The molecule has 1 aromatic rings. The molecule has 0 saturated carbocycles. The molecule has 1 aliphatic rings. The number of carbonyl (C=O) groups excluding carboxylic acids is 3. The van der Waals surface area contributed by atoms with Crippen molar-refractivity contribution in [3.05, 3.63) is 35.9 Å². The molecule has 0 aromatic heterocycles. The van der Waals surface area contributed by atoms with Crippen molar-refractivity contribution in [2.45, 2.75) is 65.0 Å². The lowest BCUT2D eigenvalue weighted by Gasteiger charge is -2.37. The molecular formula is C22H32N3O4+. The average molecular weight is 403 g/mol. The van der Waals surface area contributed by atoms with E-state index in [0.717, 1.165) is 29.5 Å². The van der Waals surface area contributed by atoms with Crippen LogP contribution in [0.3, 0.4) is 0 Å². The van der Waals surface area contributed by atoms with Gasteiger partial charge in [-0.05, 0) is 63.3 Å². The molecule has 0 bridgehead atoms. The normalized spacial score (nSPS) is 18.7. The fourth-order valence-corrected chi connectivity index (χ4v) is 3.35. The minimum atomic E-state index is -0.556. The van der Waals surface area contributed by atoms with E-state index in [2.05, 4.69) is 5.43 Å². The molecular weight excluding hydrogens is 370 g/mol. The molecule has 2 atom stereocenters. The summed E-state index contributed by atoms with van der Waals surface area (Å²) in [5.74, 6) is -0.631. The van der Waals surface area contributed by atoms with Gasteiger partial charge in [-0.25, -0.2) is 9.59 Å². The van der Waals surface area contributed by atoms with E-state index in [0.29, 0.717) is 19.4 Å². The Morgan fingerprint density at radius 3 is 2.59 bits per heavy atom. The van der Waals surface area contributed by atoms with Gasteiger partial charge < -0.3 is 9.64 Å². The molecule has 29 heavy (non-hydrogen) atoms. The Bertz CT molecular complexity index is 740. The summed E-state index contributed by atoms with van der Waals surface area (Å²) in [7, 11) is 0. The van der Waals surface area contributed by atoms with Crippen molar-refractivity contribution >= 4 is 24.6 Å². The Morgan fingerprint density at radius 2 is 1.97 bits per heavy atom. The number of benzene rings is 1. The number of piperidine rings is 1. The van der Waals surface area contributed by atoms with Gasteiger partial charge in [0.05, 0.1) is 0 Å². The topological polar surface area (TPSA) is 78.7 Å². The maximum Gasteiger partial charge on any atom is 0.410 e. The Balaban J connectivity index is 2.00. The second-order valence-corrected chi connectivity index (χ2v) is 8.49. The second kappa shape index (κ2) is 10.2. The molecule has 0 spiro atoms. The summed E-state index contributed by atoms with van der Waals surface area (Å²) < 4.78 is 6.65. The zero-order chi connectivity index (χ0) is 21.4. The smallest absolute Gasteiger partial charge is 0.410 e. The zero-order valence-corrected chi connectivity index (χ0v) is 17.8. The van der Waals surface area contributed by atoms with Crippen LogP contribution in [0.2, 0.25) is 0 Å². The van der Waals surface area contributed by atoms with Gasteiger partial charge in [0.1, 0.15) is 5.60 Å². The number of amides is 3. The van der Waals surface area contributed by atoms with Gasteiger partial charge in [-0.1, -0.05) is 25.1 Å². The predicted molar refractivity (Wildman–Crippen MR) is 110 cm³/mol. The van der Waals surface area contributed by atoms with Crippen molar-refractivity contribution in [1.82, 2.24) is 10.3 Å². The van der Waals surface area contributed by atoms with E-state index in [-0.39, 0.29) is 24.0 Å². The van der Waals surface area contributed by atoms with Crippen LogP contribution in [0.5, 0.6) is 0 Å². The lowest BCUT2D eigenvalue weighted by molar-refractivity contribution is -0.477. The number of hydrogen-bond acceptors (Lipinski definition) is 4. The molecule has 0 aliphatic carbocycles. The zero-order valence-electron chi connectivity index (χ0n) is 17.8. The highest BCUT2D eigenvalue weighted by Crippen LogP contribution is 2.25. The first-order valence-corrected chi connectivity index (χ1v) is 10.1. The van der Waals surface area contributed by atoms with Gasteiger partial charge in [0.25, 0.3) is 5.91 Å². The quantitative estimate of drug-likeness (QED) is 0.343. The number of likely N-dealkylation sites (tertiary alicyclic amines) is 1. The van der Waals surface area contributed by atoms with E-state index in [4.69, 9.17) is 4.74 Å². The van der Waals surface area contributed by atoms with E-state index in [9.17, 15) is 14.4 Å². The highest BCUT2D eigenvalue weighted by molar-refractivity contribution is 5.81. The highest BCUT2D eigenvalue weighted by Gasteiger charge is 2.33. The van der Waals surface area contributed by atoms with E-state index in [1.54, 1.807) is 11.1 Å². The Hall–Kier alpha value is -2.70. The molecule has 1 saturated heterocycles. The molecule has 1 fully saturated rings. The summed E-state index contributed by atoms with van der Waals surface area (Å²) in [6, 6.07) is 9.21. The van der Waals surface area contributed by atoms with Crippen LogP contribution in [0.15, 0.2) is 30.3 Å². The Kier molecular flexibility index (Phi) is 7.93. The molecule has 158 valence electrons. The molecule has 3 amide bonds. The van der Waals surface area contributed by atoms with Crippen molar-refractivity contribution in [2.75, 3.05) is 6.54 Å². The highest BCUT2D eigenvalue weighted by atomic mass is 16.6. The summed E-state index contributed by atoms with van der Waals surface area (Å²) in [6.45, 7) is 7.98. The van der Waals surface area contributed by atoms with Crippen LogP contribution in [-0.4, -0.2) is 52.4 Å². The molecule has 7 heteroatoms. The van der Waals surface area contributed by atoms with Gasteiger partial charge in [-0.3, -0.25) is 4.79 Å². The first-order chi connectivity index (χ1) is 13.7. The molecule has 7 nitrogen and oxygen atoms in total. The molecule has 1 heterocycles. The summed E-state index contributed by atoms with van der Waals surface area (Å²) in [4.78, 5) is 38.2. The van der Waals surface area contributed by atoms with Gasteiger partial charge in [0.15, 0.2) is 0 Å². The van der Waals surface area contributed by atoms with Crippen molar-refractivity contribution in [3.8, 4) is 0 Å². The fraction of sp³-hybridized carbons (Fsp3) is 0.545. The van der Waals surface area contributed by atoms with Crippen LogP contribution in [0.1, 0.15) is 58.9 Å². The maximum atomic E-state index is 12.6. The van der Waals surface area contributed by atoms with E-state index < -0.39 is 5.60 Å². The van der Waals surface area contributed by atoms with E-state index in [1.165, 1.54) is 0 Å². The molecule has 2 rings (SSSR count). The molecule has 1 N–H and O–H groups in total. The number of nitrogens with one attached hydrogen (secondary N) is 1. The first kappa shape index (κ1) is 22.6. The van der Waals surface area contributed by atoms with E-state index in [1.807, 2.05) is 58.0 Å². The van der Waals surface area contributed by atoms with Crippen LogP contribution >= 0.6 is 0 Å². The van der Waals surface area contributed by atoms with Gasteiger partial charge in [0.2, 0.25) is 6.21 Å². The van der Waals surface area contributed by atoms with E-state index >= 15 is 0 Å². The van der Waals surface area contributed by atoms with Crippen molar-refractivity contribution in [3.63, 3.8) is 0 Å². The predicted octanol–water partition coefficient (Wildman–Crippen LogP) is 3.12.